The lowest BCUT2D eigenvalue weighted by atomic mass is 10.1. The molecule has 0 bridgehead atoms. The van der Waals surface area contributed by atoms with E-state index in [9.17, 15) is 19.7 Å². The van der Waals surface area contributed by atoms with Crippen LogP contribution in [0.25, 0.3) is 0 Å². The smallest absolute Gasteiger partial charge is 0.323 e. The van der Waals surface area contributed by atoms with Gasteiger partial charge >= 0.3 is 12.0 Å². The van der Waals surface area contributed by atoms with Crippen molar-refractivity contribution in [2.45, 2.75) is 6.92 Å². The minimum atomic E-state index is -1.18. The van der Waals surface area contributed by atoms with Crippen LogP contribution >= 0.6 is 0 Å². The zero-order chi connectivity index (χ0) is 13.7. The molecule has 0 fully saturated rings. The molecule has 1 aromatic rings. The molecule has 0 atom stereocenters. The van der Waals surface area contributed by atoms with E-state index >= 15 is 0 Å². The number of rotatable bonds is 4. The maximum atomic E-state index is 11.3. The molecule has 0 radical (unpaired) electrons. The molecule has 0 aliphatic rings. The average Bonchev–Trinajstić information content (AvgIpc) is 2.29. The summed E-state index contributed by atoms with van der Waals surface area (Å²) in [5, 5.41) is 23.5. The van der Waals surface area contributed by atoms with Gasteiger partial charge < -0.3 is 15.7 Å². The molecule has 2 amide bonds. The SMILES string of the molecule is Cc1c(NC(=O)NCC(=O)O)cccc1[N+](=O)[O-]. The van der Waals surface area contributed by atoms with Gasteiger partial charge in [-0.25, -0.2) is 4.79 Å². The molecule has 0 aromatic heterocycles. The first kappa shape index (κ1) is 13.4. The fraction of sp³-hybridized carbons (Fsp3) is 0.200. The number of carboxylic acids is 1. The van der Waals surface area contributed by atoms with Gasteiger partial charge in [-0.05, 0) is 13.0 Å². The lowest BCUT2D eigenvalue weighted by Crippen LogP contribution is -2.33. The average molecular weight is 253 g/mol. The molecule has 18 heavy (non-hydrogen) atoms. The molecule has 8 nitrogen and oxygen atoms in total. The van der Waals surface area contributed by atoms with E-state index in [0.717, 1.165) is 0 Å². The molecule has 0 heterocycles. The number of hydrogen-bond acceptors (Lipinski definition) is 4. The molecular weight excluding hydrogens is 242 g/mol. The van der Waals surface area contributed by atoms with Gasteiger partial charge in [0.2, 0.25) is 0 Å². The van der Waals surface area contributed by atoms with Crippen molar-refractivity contribution >= 4 is 23.4 Å². The van der Waals surface area contributed by atoms with E-state index in [1.165, 1.54) is 25.1 Å². The molecule has 0 aliphatic carbocycles. The number of urea groups is 1. The van der Waals surface area contributed by atoms with Crippen molar-refractivity contribution in [2.75, 3.05) is 11.9 Å². The van der Waals surface area contributed by atoms with Crippen LogP contribution in [0.3, 0.4) is 0 Å². The number of carboxylic acid groups (broad SMARTS) is 1. The molecule has 8 heteroatoms. The highest BCUT2D eigenvalue weighted by atomic mass is 16.6. The monoisotopic (exact) mass is 253 g/mol. The van der Waals surface area contributed by atoms with Crippen molar-refractivity contribution in [1.82, 2.24) is 5.32 Å². The lowest BCUT2D eigenvalue weighted by Gasteiger charge is -2.08. The minimum absolute atomic E-state index is 0.119. The van der Waals surface area contributed by atoms with E-state index in [4.69, 9.17) is 5.11 Å². The van der Waals surface area contributed by atoms with Gasteiger partial charge in [0.25, 0.3) is 5.69 Å². The summed E-state index contributed by atoms with van der Waals surface area (Å²) in [4.78, 5) is 31.6. The first-order valence-corrected chi connectivity index (χ1v) is 4.92. The zero-order valence-corrected chi connectivity index (χ0v) is 9.47. The highest BCUT2D eigenvalue weighted by Crippen LogP contribution is 2.24. The van der Waals surface area contributed by atoms with Crippen LogP contribution in [0.5, 0.6) is 0 Å². The molecule has 1 aromatic carbocycles. The highest BCUT2D eigenvalue weighted by molar-refractivity contribution is 5.92. The topological polar surface area (TPSA) is 122 Å². The standard InChI is InChI=1S/C10H11N3O5/c1-6-7(3-2-4-8(6)13(17)18)12-10(16)11-5-9(14)15/h2-4H,5H2,1H3,(H,14,15)(H2,11,12,16). The van der Waals surface area contributed by atoms with Crippen molar-refractivity contribution < 1.29 is 19.6 Å². The van der Waals surface area contributed by atoms with Crippen LogP contribution < -0.4 is 10.6 Å². The summed E-state index contributed by atoms with van der Waals surface area (Å²) in [6, 6.07) is 3.50. The van der Waals surface area contributed by atoms with Crippen LogP contribution in [0, 0.1) is 17.0 Å². The number of benzene rings is 1. The first-order chi connectivity index (χ1) is 8.41. The number of carbonyl (C=O) groups excluding carboxylic acids is 1. The number of aliphatic carboxylic acids is 1. The Balaban J connectivity index is 2.79. The second kappa shape index (κ2) is 5.62. The van der Waals surface area contributed by atoms with Crippen molar-refractivity contribution in [3.8, 4) is 0 Å². The maximum Gasteiger partial charge on any atom is 0.323 e. The molecule has 0 aliphatic heterocycles. The van der Waals surface area contributed by atoms with Crippen LogP contribution in [0.4, 0.5) is 16.2 Å². The Labute approximate surface area is 102 Å². The fourth-order valence-corrected chi connectivity index (χ4v) is 1.28. The van der Waals surface area contributed by atoms with E-state index in [0.29, 0.717) is 5.56 Å². The maximum absolute atomic E-state index is 11.3. The Hall–Kier alpha value is -2.64. The van der Waals surface area contributed by atoms with Crippen LogP contribution in [0.15, 0.2) is 18.2 Å². The van der Waals surface area contributed by atoms with Crippen molar-refractivity contribution in [1.29, 1.82) is 0 Å². The van der Waals surface area contributed by atoms with E-state index in [-0.39, 0.29) is 11.4 Å². The van der Waals surface area contributed by atoms with Crippen molar-refractivity contribution in [2.24, 2.45) is 0 Å². The largest absolute Gasteiger partial charge is 0.480 e. The fourth-order valence-electron chi connectivity index (χ4n) is 1.28. The van der Waals surface area contributed by atoms with Gasteiger partial charge in [0.1, 0.15) is 6.54 Å². The molecule has 3 N–H and O–H groups in total. The number of anilines is 1. The number of nitrogens with one attached hydrogen (secondary N) is 2. The lowest BCUT2D eigenvalue weighted by molar-refractivity contribution is -0.385. The number of amides is 2. The summed E-state index contributed by atoms with van der Waals surface area (Å²) in [6.45, 7) is 0.963. The van der Waals surface area contributed by atoms with Crippen LogP contribution in [0.2, 0.25) is 0 Å². The molecule has 1 rings (SSSR count). The third-order valence-electron chi connectivity index (χ3n) is 2.15. The van der Waals surface area contributed by atoms with Crippen LogP contribution in [-0.2, 0) is 4.79 Å². The molecule has 96 valence electrons. The van der Waals surface area contributed by atoms with Gasteiger partial charge in [-0.1, -0.05) is 6.07 Å². The molecular formula is C10H11N3O5. The predicted octanol–water partition coefficient (Wildman–Crippen LogP) is 1.11. The number of nitrogens with zero attached hydrogens (tertiary/aromatic N) is 1. The van der Waals surface area contributed by atoms with E-state index < -0.39 is 23.5 Å². The zero-order valence-electron chi connectivity index (χ0n) is 9.47. The Bertz CT molecular complexity index is 500. The van der Waals surface area contributed by atoms with E-state index in [1.54, 1.807) is 0 Å². The first-order valence-electron chi connectivity index (χ1n) is 4.92. The second-order valence-corrected chi connectivity index (χ2v) is 3.41. The van der Waals surface area contributed by atoms with Gasteiger partial charge in [0, 0.05) is 6.07 Å². The van der Waals surface area contributed by atoms with Crippen LogP contribution in [-0.4, -0.2) is 28.6 Å². The van der Waals surface area contributed by atoms with Crippen molar-refractivity contribution in [3.05, 3.63) is 33.9 Å². The quantitative estimate of drug-likeness (QED) is 0.548. The summed E-state index contributed by atoms with van der Waals surface area (Å²) < 4.78 is 0. The summed E-state index contributed by atoms with van der Waals surface area (Å²) >= 11 is 0. The summed E-state index contributed by atoms with van der Waals surface area (Å²) in [5.74, 6) is -1.18. The molecule has 0 spiro atoms. The molecule has 0 unspecified atom stereocenters. The van der Waals surface area contributed by atoms with Crippen LogP contribution in [0.1, 0.15) is 5.56 Å². The second-order valence-electron chi connectivity index (χ2n) is 3.41. The van der Waals surface area contributed by atoms with Gasteiger partial charge in [-0.3, -0.25) is 14.9 Å². The Morgan fingerprint density at radius 1 is 1.44 bits per heavy atom. The number of nitro groups is 1. The summed E-state index contributed by atoms with van der Waals surface area (Å²) in [7, 11) is 0. The normalized spacial score (nSPS) is 9.61. The van der Waals surface area contributed by atoms with Gasteiger partial charge in [-0.2, -0.15) is 0 Å². The van der Waals surface area contributed by atoms with Gasteiger partial charge in [0.15, 0.2) is 0 Å². The molecule has 0 saturated heterocycles. The van der Waals surface area contributed by atoms with Gasteiger partial charge in [-0.15, -0.1) is 0 Å². The minimum Gasteiger partial charge on any atom is -0.480 e. The van der Waals surface area contributed by atoms with E-state index in [2.05, 4.69) is 10.6 Å². The number of hydrogen-bond donors (Lipinski definition) is 3. The summed E-state index contributed by atoms with van der Waals surface area (Å²) in [6.07, 6.45) is 0. The Kier molecular flexibility index (Phi) is 4.19. The highest BCUT2D eigenvalue weighted by Gasteiger charge is 2.14. The number of nitro benzene ring substituents is 1. The Morgan fingerprint density at radius 3 is 2.67 bits per heavy atom. The summed E-state index contributed by atoms with van der Waals surface area (Å²) in [5.41, 5.74) is 0.436. The third kappa shape index (κ3) is 3.44. The third-order valence-corrected chi connectivity index (χ3v) is 2.15. The Morgan fingerprint density at radius 2 is 2.11 bits per heavy atom. The number of carbonyl (C=O) groups is 2. The molecule has 0 saturated carbocycles. The van der Waals surface area contributed by atoms with Crippen molar-refractivity contribution in [3.63, 3.8) is 0 Å². The van der Waals surface area contributed by atoms with Gasteiger partial charge in [0.05, 0.1) is 16.2 Å². The predicted molar refractivity (Wildman–Crippen MR) is 62.5 cm³/mol. The van der Waals surface area contributed by atoms with E-state index in [1.807, 2.05) is 0 Å².